The van der Waals surface area contributed by atoms with Gasteiger partial charge in [0.2, 0.25) is 0 Å². The van der Waals surface area contributed by atoms with Crippen LogP contribution in [0.25, 0.3) is 0 Å². The zero-order valence-corrected chi connectivity index (χ0v) is 11.9. The van der Waals surface area contributed by atoms with E-state index >= 15 is 0 Å². The highest BCUT2D eigenvalue weighted by Gasteiger charge is 2.08. The molecule has 0 radical (unpaired) electrons. The van der Waals surface area contributed by atoms with Crippen LogP contribution < -0.4 is 10.2 Å². The van der Waals surface area contributed by atoms with Gasteiger partial charge in [0.15, 0.2) is 0 Å². The molecule has 2 N–H and O–H groups in total. The lowest BCUT2D eigenvalue weighted by Crippen LogP contribution is -2.08. The Morgan fingerprint density at radius 1 is 1.19 bits per heavy atom. The van der Waals surface area contributed by atoms with Crippen LogP contribution in [0.2, 0.25) is 0 Å². The average molecular weight is 288 g/mol. The van der Waals surface area contributed by atoms with Crippen LogP contribution >= 0.6 is 0 Å². The summed E-state index contributed by atoms with van der Waals surface area (Å²) >= 11 is 0. The van der Waals surface area contributed by atoms with Gasteiger partial charge in [-0.2, -0.15) is 0 Å². The molecule has 110 valence electrons. The number of carboxylic acid groups (broad SMARTS) is 1. The first kappa shape index (κ1) is 14.8. The first-order valence-electron chi connectivity index (χ1n) is 6.50. The minimum Gasteiger partial charge on any atom is -0.478 e. The van der Waals surface area contributed by atoms with Gasteiger partial charge >= 0.3 is 5.97 Å². The fourth-order valence-electron chi connectivity index (χ4n) is 1.90. The molecule has 0 heterocycles. The molecule has 0 atom stereocenters. The van der Waals surface area contributed by atoms with Crippen LogP contribution in [0.4, 0.5) is 15.8 Å². The Bertz CT molecular complexity index is 639. The number of hydrogen-bond acceptors (Lipinski definition) is 3. The second-order valence-corrected chi connectivity index (χ2v) is 4.91. The van der Waals surface area contributed by atoms with Crippen molar-refractivity contribution in [2.45, 2.75) is 6.54 Å². The zero-order chi connectivity index (χ0) is 15.4. The minimum absolute atomic E-state index is 0.0573. The number of halogens is 1. The molecule has 0 amide bonds. The van der Waals surface area contributed by atoms with E-state index < -0.39 is 11.8 Å². The second-order valence-electron chi connectivity index (χ2n) is 4.91. The van der Waals surface area contributed by atoms with Crippen molar-refractivity contribution in [3.63, 3.8) is 0 Å². The van der Waals surface area contributed by atoms with E-state index in [9.17, 15) is 9.18 Å². The largest absolute Gasteiger partial charge is 0.478 e. The molecule has 2 rings (SSSR count). The summed E-state index contributed by atoms with van der Waals surface area (Å²) in [5.74, 6) is -1.54. The van der Waals surface area contributed by atoms with Gasteiger partial charge in [-0.05, 0) is 35.9 Å². The first-order chi connectivity index (χ1) is 9.97. The summed E-state index contributed by atoms with van der Waals surface area (Å²) in [4.78, 5) is 12.9. The topological polar surface area (TPSA) is 52.6 Å². The Hall–Kier alpha value is -2.56. The molecule has 0 aromatic heterocycles. The van der Waals surface area contributed by atoms with Crippen LogP contribution in [-0.4, -0.2) is 25.2 Å². The van der Waals surface area contributed by atoms with Gasteiger partial charge in [0.25, 0.3) is 0 Å². The summed E-state index contributed by atoms with van der Waals surface area (Å²) in [5, 5.41) is 11.8. The summed E-state index contributed by atoms with van der Waals surface area (Å²) in [6, 6.07) is 11.5. The fourth-order valence-corrected chi connectivity index (χ4v) is 1.90. The molecule has 5 heteroatoms. The number of aromatic carboxylic acids is 1. The smallest absolute Gasteiger partial charge is 0.335 e. The maximum Gasteiger partial charge on any atom is 0.335 e. The number of hydrogen-bond donors (Lipinski definition) is 2. The number of nitrogens with one attached hydrogen (secondary N) is 1. The molecular formula is C16H17FN2O2. The third-order valence-electron chi connectivity index (χ3n) is 3.15. The van der Waals surface area contributed by atoms with E-state index in [4.69, 9.17) is 5.11 Å². The molecule has 0 spiro atoms. The van der Waals surface area contributed by atoms with Crippen molar-refractivity contribution in [1.29, 1.82) is 0 Å². The Morgan fingerprint density at radius 3 is 2.43 bits per heavy atom. The zero-order valence-electron chi connectivity index (χ0n) is 11.9. The number of carboxylic acids is 1. The molecule has 4 nitrogen and oxygen atoms in total. The molecule has 0 saturated heterocycles. The SMILES string of the molecule is CN(C)c1ccc(CNc2cc(C(=O)O)ccc2F)cc1. The van der Waals surface area contributed by atoms with Crippen LogP contribution in [0.1, 0.15) is 15.9 Å². The van der Waals surface area contributed by atoms with E-state index in [1.165, 1.54) is 12.1 Å². The second kappa shape index (κ2) is 6.26. The van der Waals surface area contributed by atoms with Crippen molar-refractivity contribution < 1.29 is 14.3 Å². The third-order valence-corrected chi connectivity index (χ3v) is 3.15. The van der Waals surface area contributed by atoms with Crippen molar-refractivity contribution in [1.82, 2.24) is 0 Å². The van der Waals surface area contributed by atoms with Gasteiger partial charge in [0, 0.05) is 26.3 Å². The Balaban J connectivity index is 2.09. The summed E-state index contributed by atoms with van der Waals surface area (Å²) in [7, 11) is 3.92. The van der Waals surface area contributed by atoms with Gasteiger partial charge in [-0.25, -0.2) is 9.18 Å². The average Bonchev–Trinajstić information content (AvgIpc) is 2.46. The van der Waals surface area contributed by atoms with Crippen molar-refractivity contribution in [3.8, 4) is 0 Å². The Morgan fingerprint density at radius 2 is 1.86 bits per heavy atom. The van der Waals surface area contributed by atoms with E-state index in [2.05, 4.69) is 5.32 Å². The minimum atomic E-state index is -1.08. The Kier molecular flexibility index (Phi) is 4.42. The molecule has 0 fully saturated rings. The van der Waals surface area contributed by atoms with Gasteiger partial charge in [-0.1, -0.05) is 12.1 Å². The number of anilines is 2. The quantitative estimate of drug-likeness (QED) is 0.887. The molecular weight excluding hydrogens is 271 g/mol. The summed E-state index contributed by atoms with van der Waals surface area (Å²) in [5.41, 5.74) is 2.31. The number of benzene rings is 2. The van der Waals surface area contributed by atoms with Crippen LogP contribution in [0.3, 0.4) is 0 Å². The summed E-state index contributed by atoms with van der Waals surface area (Å²) < 4.78 is 13.6. The van der Waals surface area contributed by atoms with Gasteiger partial charge in [-0.3, -0.25) is 0 Å². The van der Waals surface area contributed by atoms with E-state index in [0.29, 0.717) is 6.54 Å². The molecule has 0 aliphatic carbocycles. The van der Waals surface area contributed by atoms with Crippen molar-refractivity contribution in [2.24, 2.45) is 0 Å². The number of carbonyl (C=O) groups is 1. The van der Waals surface area contributed by atoms with Crippen LogP contribution in [0, 0.1) is 5.82 Å². The monoisotopic (exact) mass is 288 g/mol. The normalized spacial score (nSPS) is 10.2. The molecule has 2 aromatic rings. The van der Waals surface area contributed by atoms with Gasteiger partial charge < -0.3 is 15.3 Å². The van der Waals surface area contributed by atoms with Crippen LogP contribution in [0.5, 0.6) is 0 Å². The van der Waals surface area contributed by atoms with Crippen molar-refractivity contribution >= 4 is 17.3 Å². The lowest BCUT2D eigenvalue weighted by atomic mass is 10.1. The predicted octanol–water partition coefficient (Wildman–Crippen LogP) is 3.20. The van der Waals surface area contributed by atoms with Crippen molar-refractivity contribution in [2.75, 3.05) is 24.3 Å². The van der Waals surface area contributed by atoms with E-state index in [-0.39, 0.29) is 11.3 Å². The first-order valence-corrected chi connectivity index (χ1v) is 6.50. The predicted molar refractivity (Wildman–Crippen MR) is 81.5 cm³/mol. The number of rotatable bonds is 5. The molecule has 0 aliphatic rings. The molecule has 0 bridgehead atoms. The molecule has 0 unspecified atom stereocenters. The highest BCUT2D eigenvalue weighted by Crippen LogP contribution is 2.18. The van der Waals surface area contributed by atoms with Gasteiger partial charge in [0.1, 0.15) is 5.82 Å². The lowest BCUT2D eigenvalue weighted by Gasteiger charge is -2.13. The lowest BCUT2D eigenvalue weighted by molar-refractivity contribution is 0.0697. The van der Waals surface area contributed by atoms with Gasteiger partial charge in [0.05, 0.1) is 11.3 Å². The van der Waals surface area contributed by atoms with Crippen molar-refractivity contribution in [3.05, 3.63) is 59.4 Å². The molecule has 0 aliphatic heterocycles. The van der Waals surface area contributed by atoms with E-state index in [1.807, 2.05) is 43.3 Å². The third kappa shape index (κ3) is 3.72. The number of nitrogens with zero attached hydrogens (tertiary/aromatic N) is 1. The van der Waals surface area contributed by atoms with Crippen LogP contribution in [-0.2, 0) is 6.54 Å². The maximum absolute atomic E-state index is 13.6. The highest BCUT2D eigenvalue weighted by molar-refractivity contribution is 5.88. The molecule has 0 saturated carbocycles. The molecule has 2 aromatic carbocycles. The van der Waals surface area contributed by atoms with Gasteiger partial charge in [-0.15, -0.1) is 0 Å². The summed E-state index contributed by atoms with van der Waals surface area (Å²) in [6.45, 7) is 0.424. The highest BCUT2D eigenvalue weighted by atomic mass is 19.1. The Labute approximate surface area is 122 Å². The maximum atomic E-state index is 13.6. The van der Waals surface area contributed by atoms with Crippen LogP contribution in [0.15, 0.2) is 42.5 Å². The van der Waals surface area contributed by atoms with E-state index in [1.54, 1.807) is 0 Å². The molecule has 21 heavy (non-hydrogen) atoms. The summed E-state index contributed by atoms with van der Waals surface area (Å²) in [6.07, 6.45) is 0. The van der Waals surface area contributed by atoms with E-state index in [0.717, 1.165) is 17.3 Å². The fraction of sp³-hybridized carbons (Fsp3) is 0.188. The standard InChI is InChI=1S/C16H17FN2O2/c1-19(2)13-6-3-11(4-7-13)10-18-15-9-12(16(20)21)5-8-14(15)17/h3-9,18H,10H2,1-2H3,(H,20,21).